The molecule has 106 valence electrons. The largest absolute Gasteiger partial charge is 0.159 e. The van der Waals surface area contributed by atoms with Gasteiger partial charge in [0.2, 0.25) is 0 Å². The van der Waals surface area contributed by atoms with E-state index in [0.29, 0.717) is 0 Å². The molecule has 3 rings (SSSR count). The van der Waals surface area contributed by atoms with Gasteiger partial charge in [0.1, 0.15) is 0 Å². The highest BCUT2D eigenvalue weighted by molar-refractivity contribution is 7.13. The van der Waals surface area contributed by atoms with Crippen molar-refractivity contribution in [1.82, 2.24) is 0 Å². The maximum absolute atomic E-state index is 4.35. The normalized spacial score (nSPS) is 14.0. The van der Waals surface area contributed by atoms with Gasteiger partial charge in [-0.3, -0.25) is 0 Å². The summed E-state index contributed by atoms with van der Waals surface area (Å²) in [6, 6.07) is 14.6. The second-order valence-corrected chi connectivity index (χ2v) is 6.32. The van der Waals surface area contributed by atoms with Crippen LogP contribution in [0.4, 0.5) is 0 Å². The first kappa shape index (κ1) is 14.0. The summed E-state index contributed by atoms with van der Waals surface area (Å²) in [5, 5.41) is 8.69. The Hall–Kier alpha value is -2.00. The van der Waals surface area contributed by atoms with Gasteiger partial charge in [0.25, 0.3) is 0 Å². The first-order chi connectivity index (χ1) is 10.3. The first-order valence-electron chi connectivity index (χ1n) is 7.21. The Morgan fingerprint density at radius 3 is 2.71 bits per heavy atom. The van der Waals surface area contributed by atoms with Crippen LogP contribution in [0.3, 0.4) is 0 Å². The average molecular weight is 294 g/mol. The van der Waals surface area contributed by atoms with Gasteiger partial charge < -0.3 is 0 Å². The number of nitrogens with zero attached hydrogens (tertiary/aromatic N) is 2. The highest BCUT2D eigenvalue weighted by Crippen LogP contribution is 2.26. The molecule has 0 aliphatic carbocycles. The van der Waals surface area contributed by atoms with Crippen LogP contribution in [0, 0.1) is 0 Å². The lowest BCUT2D eigenvalue weighted by molar-refractivity contribution is 1.23. The van der Waals surface area contributed by atoms with Gasteiger partial charge in [0, 0.05) is 22.6 Å². The van der Waals surface area contributed by atoms with E-state index >= 15 is 0 Å². The third-order valence-corrected chi connectivity index (χ3v) is 4.79. The van der Waals surface area contributed by atoms with E-state index in [1.807, 2.05) is 29.5 Å². The molecule has 0 unspecified atom stereocenters. The zero-order chi connectivity index (χ0) is 14.7. The van der Waals surface area contributed by atoms with Crippen molar-refractivity contribution in [3.63, 3.8) is 0 Å². The molecule has 0 amide bonds. The van der Waals surface area contributed by atoms with Crippen molar-refractivity contribution >= 4 is 28.3 Å². The Labute approximate surface area is 129 Å². The van der Waals surface area contributed by atoms with Crippen LogP contribution in [0.5, 0.6) is 0 Å². The summed E-state index contributed by atoms with van der Waals surface area (Å²) in [4.78, 5) is 2.62. The first-order valence-corrected chi connectivity index (χ1v) is 8.02. The van der Waals surface area contributed by atoms with Crippen LogP contribution in [0.25, 0.3) is 5.57 Å². The molecule has 0 bridgehead atoms. The molecule has 0 N–H and O–H groups in total. The summed E-state index contributed by atoms with van der Waals surface area (Å²) in [6.45, 7) is 6.24. The van der Waals surface area contributed by atoms with Crippen LogP contribution in [-0.2, 0) is 6.42 Å². The zero-order valence-electron chi connectivity index (χ0n) is 12.2. The molecular weight excluding hydrogens is 276 g/mol. The molecule has 2 nitrogen and oxygen atoms in total. The van der Waals surface area contributed by atoms with E-state index in [-0.39, 0.29) is 0 Å². The molecule has 0 spiro atoms. The zero-order valence-corrected chi connectivity index (χ0v) is 13.0. The number of rotatable bonds is 5. The third-order valence-electron chi connectivity index (χ3n) is 3.61. The molecule has 1 aromatic carbocycles. The Bertz CT molecular complexity index is 708. The summed E-state index contributed by atoms with van der Waals surface area (Å²) in [6.07, 6.45) is 2.75. The van der Waals surface area contributed by atoms with Crippen LogP contribution in [0.1, 0.15) is 35.1 Å². The van der Waals surface area contributed by atoms with Crippen molar-refractivity contribution in [1.29, 1.82) is 0 Å². The standard InChI is InChI=1S/C18H18N2S/c1-3-13(2)18-10-9-16(21-18)11-15-12-17(20-19-15)14-7-5-4-6-8-14/h4-10H,2-3,11-12H2,1H3. The fourth-order valence-corrected chi connectivity index (χ4v) is 3.40. The van der Waals surface area contributed by atoms with Crippen molar-refractivity contribution in [2.45, 2.75) is 26.2 Å². The van der Waals surface area contributed by atoms with Crippen LogP contribution in [0.2, 0.25) is 0 Å². The Balaban J connectivity index is 1.64. The van der Waals surface area contributed by atoms with Gasteiger partial charge in [-0.25, -0.2) is 0 Å². The lowest BCUT2D eigenvalue weighted by Crippen LogP contribution is -2.05. The number of thiophene rings is 1. The fourth-order valence-electron chi connectivity index (χ4n) is 2.32. The minimum absolute atomic E-state index is 0.853. The average Bonchev–Trinajstić information content (AvgIpc) is 3.17. The predicted molar refractivity (Wildman–Crippen MR) is 92.4 cm³/mol. The Kier molecular flexibility index (Phi) is 4.11. The van der Waals surface area contributed by atoms with Gasteiger partial charge >= 0.3 is 0 Å². The van der Waals surface area contributed by atoms with Crippen molar-refractivity contribution in [2.75, 3.05) is 0 Å². The molecule has 1 aliphatic heterocycles. The highest BCUT2D eigenvalue weighted by atomic mass is 32.1. The molecule has 3 heteroatoms. The maximum Gasteiger partial charge on any atom is 0.0759 e. The number of allylic oxidation sites excluding steroid dienone is 1. The van der Waals surface area contributed by atoms with Crippen molar-refractivity contribution in [3.8, 4) is 0 Å². The second-order valence-electron chi connectivity index (χ2n) is 5.16. The minimum atomic E-state index is 0.853. The summed E-state index contributed by atoms with van der Waals surface area (Å²) >= 11 is 1.82. The molecule has 1 aliphatic rings. The lowest BCUT2D eigenvalue weighted by atomic mass is 10.0. The van der Waals surface area contributed by atoms with Crippen molar-refractivity contribution in [2.24, 2.45) is 10.2 Å². The molecule has 0 saturated heterocycles. The monoisotopic (exact) mass is 294 g/mol. The highest BCUT2D eigenvalue weighted by Gasteiger charge is 2.15. The second kappa shape index (κ2) is 6.19. The molecule has 0 saturated carbocycles. The van der Waals surface area contributed by atoms with Gasteiger partial charge in [-0.1, -0.05) is 43.8 Å². The smallest absolute Gasteiger partial charge is 0.0759 e. The molecule has 0 radical (unpaired) electrons. The van der Waals surface area contributed by atoms with Gasteiger partial charge in [-0.05, 0) is 29.7 Å². The molecule has 0 fully saturated rings. The van der Waals surface area contributed by atoms with E-state index in [4.69, 9.17) is 0 Å². The molecule has 2 aromatic rings. The van der Waals surface area contributed by atoms with E-state index in [1.165, 1.54) is 20.9 Å². The summed E-state index contributed by atoms with van der Waals surface area (Å²) < 4.78 is 0. The van der Waals surface area contributed by atoms with Gasteiger partial charge in [0.05, 0.1) is 11.4 Å². The van der Waals surface area contributed by atoms with Crippen LogP contribution >= 0.6 is 11.3 Å². The molecular formula is C18H18N2S. The van der Waals surface area contributed by atoms with Crippen LogP contribution < -0.4 is 0 Å². The molecule has 21 heavy (non-hydrogen) atoms. The van der Waals surface area contributed by atoms with E-state index < -0.39 is 0 Å². The molecule has 1 aromatic heterocycles. The van der Waals surface area contributed by atoms with E-state index in [1.54, 1.807) is 0 Å². The number of hydrogen-bond donors (Lipinski definition) is 0. The summed E-state index contributed by atoms with van der Waals surface area (Å²) in [7, 11) is 0. The number of hydrogen-bond acceptors (Lipinski definition) is 3. The number of benzene rings is 1. The van der Waals surface area contributed by atoms with E-state index in [0.717, 1.165) is 30.7 Å². The van der Waals surface area contributed by atoms with Crippen molar-refractivity contribution < 1.29 is 0 Å². The summed E-state index contributed by atoms with van der Waals surface area (Å²) in [5.41, 5.74) is 4.59. The maximum atomic E-state index is 4.35. The Morgan fingerprint density at radius 2 is 1.95 bits per heavy atom. The fraction of sp³-hybridized carbons (Fsp3) is 0.222. The van der Waals surface area contributed by atoms with Gasteiger partial charge in [-0.2, -0.15) is 10.2 Å². The Morgan fingerprint density at radius 1 is 1.14 bits per heavy atom. The van der Waals surface area contributed by atoms with E-state index in [2.05, 4.69) is 48.0 Å². The lowest BCUT2D eigenvalue weighted by Gasteiger charge is -2.00. The summed E-state index contributed by atoms with van der Waals surface area (Å²) in [5.74, 6) is 0. The van der Waals surface area contributed by atoms with Crippen LogP contribution in [-0.4, -0.2) is 11.4 Å². The molecule has 2 heterocycles. The SMILES string of the molecule is C=C(CC)c1ccc(CC2=NN=C(c3ccccc3)C2)s1. The van der Waals surface area contributed by atoms with Crippen molar-refractivity contribution in [3.05, 3.63) is 64.4 Å². The van der Waals surface area contributed by atoms with Gasteiger partial charge in [0.15, 0.2) is 0 Å². The topological polar surface area (TPSA) is 24.7 Å². The van der Waals surface area contributed by atoms with Crippen LogP contribution in [0.15, 0.2) is 59.2 Å². The van der Waals surface area contributed by atoms with Gasteiger partial charge in [-0.15, -0.1) is 11.3 Å². The third kappa shape index (κ3) is 3.19. The molecule has 0 atom stereocenters. The predicted octanol–water partition coefficient (Wildman–Crippen LogP) is 4.96. The van der Waals surface area contributed by atoms with E-state index in [9.17, 15) is 0 Å². The minimum Gasteiger partial charge on any atom is -0.159 e. The quantitative estimate of drug-likeness (QED) is 0.744.